The Labute approximate surface area is 106 Å². The summed E-state index contributed by atoms with van der Waals surface area (Å²) in [7, 11) is 0. The van der Waals surface area contributed by atoms with Crippen LogP contribution >= 0.6 is 0 Å². The van der Waals surface area contributed by atoms with Gasteiger partial charge in [0.15, 0.2) is 0 Å². The van der Waals surface area contributed by atoms with Gasteiger partial charge in [0.2, 0.25) is 0 Å². The lowest BCUT2D eigenvalue weighted by Gasteiger charge is -2.36. The molecule has 3 nitrogen and oxygen atoms in total. The second-order valence-electron chi connectivity index (χ2n) is 5.12. The summed E-state index contributed by atoms with van der Waals surface area (Å²) in [5, 5.41) is 0. The third-order valence-corrected chi connectivity index (χ3v) is 3.87. The molecule has 1 unspecified atom stereocenters. The van der Waals surface area contributed by atoms with Gasteiger partial charge in [0.05, 0.1) is 0 Å². The fourth-order valence-electron chi connectivity index (χ4n) is 2.73. The van der Waals surface area contributed by atoms with E-state index >= 15 is 0 Å². The monoisotopic (exact) mass is 240 g/mol. The van der Waals surface area contributed by atoms with Crippen LogP contribution in [0.15, 0.2) is 0 Å². The normalized spacial score (nSPS) is 22.0. The van der Waals surface area contributed by atoms with Crippen molar-refractivity contribution in [2.24, 2.45) is 0 Å². The Hall–Kier alpha value is -0.410. The Morgan fingerprint density at radius 1 is 1.29 bits per heavy atom. The molecule has 0 aromatic heterocycles. The van der Waals surface area contributed by atoms with Crippen molar-refractivity contribution in [2.45, 2.75) is 52.5 Å². The van der Waals surface area contributed by atoms with Crippen LogP contribution in [-0.4, -0.2) is 54.3 Å². The zero-order valence-electron chi connectivity index (χ0n) is 11.7. The molecule has 0 radical (unpaired) electrons. The molecule has 1 atom stereocenters. The number of ketones is 1. The van der Waals surface area contributed by atoms with E-state index in [1.54, 1.807) is 6.92 Å². The van der Waals surface area contributed by atoms with E-state index in [0.29, 0.717) is 11.8 Å². The minimum absolute atomic E-state index is 0.338. The van der Waals surface area contributed by atoms with Gasteiger partial charge in [0.25, 0.3) is 0 Å². The zero-order chi connectivity index (χ0) is 12.7. The third-order valence-electron chi connectivity index (χ3n) is 3.87. The van der Waals surface area contributed by atoms with Gasteiger partial charge in [-0.05, 0) is 39.4 Å². The molecule has 0 aliphatic carbocycles. The zero-order valence-corrected chi connectivity index (χ0v) is 11.7. The number of nitrogens with zero attached hydrogens (tertiary/aromatic N) is 2. The summed E-state index contributed by atoms with van der Waals surface area (Å²) < 4.78 is 0. The first-order valence-electron chi connectivity index (χ1n) is 7.13. The van der Waals surface area contributed by atoms with E-state index in [0.717, 1.165) is 32.6 Å². The molecular formula is C14H28N2O. The number of carbonyl (C=O) groups excluding carboxylic acids is 1. The molecule has 0 amide bonds. The number of carbonyl (C=O) groups is 1. The smallest absolute Gasteiger partial charge is 0.131 e. The van der Waals surface area contributed by atoms with Gasteiger partial charge in [0.1, 0.15) is 5.78 Å². The molecular weight excluding hydrogens is 212 g/mol. The van der Waals surface area contributed by atoms with Gasteiger partial charge in [-0.1, -0.05) is 20.3 Å². The number of likely N-dealkylation sites (N-methyl/N-ethyl adjacent to an activating group) is 1. The van der Waals surface area contributed by atoms with Gasteiger partial charge in [-0.15, -0.1) is 0 Å². The Morgan fingerprint density at radius 3 is 2.59 bits per heavy atom. The van der Waals surface area contributed by atoms with Gasteiger partial charge in [-0.25, -0.2) is 0 Å². The number of likely N-dealkylation sites (tertiary alicyclic amines) is 1. The van der Waals surface area contributed by atoms with Gasteiger partial charge in [-0.2, -0.15) is 0 Å². The maximum atomic E-state index is 11.3. The molecule has 1 heterocycles. The summed E-state index contributed by atoms with van der Waals surface area (Å²) in [6.45, 7) is 11.8. The van der Waals surface area contributed by atoms with E-state index in [9.17, 15) is 4.79 Å². The van der Waals surface area contributed by atoms with Crippen LogP contribution in [0, 0.1) is 0 Å². The Kier molecular flexibility index (Phi) is 6.75. The largest absolute Gasteiger partial charge is 0.303 e. The van der Waals surface area contributed by atoms with Gasteiger partial charge in [0, 0.05) is 25.6 Å². The van der Waals surface area contributed by atoms with Crippen molar-refractivity contribution >= 4 is 5.78 Å². The van der Waals surface area contributed by atoms with Gasteiger partial charge in [-0.3, -0.25) is 9.69 Å². The summed E-state index contributed by atoms with van der Waals surface area (Å²) in [4.78, 5) is 16.3. The molecule has 17 heavy (non-hydrogen) atoms. The fourth-order valence-corrected chi connectivity index (χ4v) is 2.73. The van der Waals surface area contributed by atoms with Crippen LogP contribution in [0.25, 0.3) is 0 Å². The maximum absolute atomic E-state index is 11.3. The molecule has 100 valence electrons. The molecule has 1 fully saturated rings. The molecule has 0 aromatic carbocycles. The van der Waals surface area contributed by atoms with Crippen molar-refractivity contribution < 1.29 is 4.79 Å². The third kappa shape index (κ3) is 5.17. The average molecular weight is 240 g/mol. The first kappa shape index (κ1) is 14.7. The highest BCUT2D eigenvalue weighted by atomic mass is 16.1. The number of Topliss-reactive ketones (excluding diaryl/α,β-unsaturated/α-hetero) is 1. The molecule has 0 bridgehead atoms. The molecule has 0 N–H and O–H groups in total. The molecule has 1 aliphatic rings. The van der Waals surface area contributed by atoms with E-state index in [4.69, 9.17) is 0 Å². The van der Waals surface area contributed by atoms with Crippen molar-refractivity contribution in [3.63, 3.8) is 0 Å². The highest BCUT2D eigenvalue weighted by molar-refractivity contribution is 5.76. The quantitative estimate of drug-likeness (QED) is 0.681. The lowest BCUT2D eigenvalue weighted by molar-refractivity contribution is -0.118. The van der Waals surface area contributed by atoms with Gasteiger partial charge < -0.3 is 4.90 Å². The van der Waals surface area contributed by atoms with E-state index in [2.05, 4.69) is 23.6 Å². The van der Waals surface area contributed by atoms with E-state index in [1.807, 2.05) is 0 Å². The predicted molar refractivity (Wildman–Crippen MR) is 72.3 cm³/mol. The minimum atomic E-state index is 0.338. The average Bonchev–Trinajstić information content (AvgIpc) is 2.31. The van der Waals surface area contributed by atoms with Crippen LogP contribution in [0.2, 0.25) is 0 Å². The Balaban J connectivity index is 2.39. The SMILES string of the molecule is CCN(CC)CCN1CCCCC1CC(C)=O. The first-order chi connectivity index (χ1) is 8.17. The Bertz CT molecular complexity index is 226. The second kappa shape index (κ2) is 7.83. The summed E-state index contributed by atoms with van der Waals surface area (Å²) in [6.07, 6.45) is 4.54. The van der Waals surface area contributed by atoms with E-state index in [1.165, 1.54) is 25.8 Å². The highest BCUT2D eigenvalue weighted by Crippen LogP contribution is 2.19. The number of rotatable bonds is 7. The van der Waals surface area contributed by atoms with Crippen LogP contribution in [0.5, 0.6) is 0 Å². The molecule has 1 saturated heterocycles. The fraction of sp³-hybridized carbons (Fsp3) is 0.929. The number of hydrogen-bond donors (Lipinski definition) is 0. The van der Waals surface area contributed by atoms with Crippen molar-refractivity contribution in [1.82, 2.24) is 9.80 Å². The minimum Gasteiger partial charge on any atom is -0.303 e. The van der Waals surface area contributed by atoms with Crippen molar-refractivity contribution in [2.75, 3.05) is 32.7 Å². The first-order valence-corrected chi connectivity index (χ1v) is 7.13. The molecule has 0 aromatic rings. The van der Waals surface area contributed by atoms with Crippen LogP contribution in [0.4, 0.5) is 0 Å². The second-order valence-corrected chi connectivity index (χ2v) is 5.12. The molecule has 1 rings (SSSR count). The summed E-state index contributed by atoms with van der Waals surface area (Å²) >= 11 is 0. The lowest BCUT2D eigenvalue weighted by Crippen LogP contribution is -2.44. The standard InChI is InChI=1S/C14H28N2O/c1-4-15(5-2)10-11-16-9-7-6-8-14(16)12-13(3)17/h14H,4-12H2,1-3H3. The molecule has 3 heteroatoms. The van der Waals surface area contributed by atoms with Crippen molar-refractivity contribution in [3.8, 4) is 0 Å². The maximum Gasteiger partial charge on any atom is 0.131 e. The number of piperidine rings is 1. The molecule has 1 aliphatic heterocycles. The summed E-state index contributed by atoms with van der Waals surface area (Å²) in [5.41, 5.74) is 0. The highest BCUT2D eigenvalue weighted by Gasteiger charge is 2.23. The summed E-state index contributed by atoms with van der Waals surface area (Å²) in [5.74, 6) is 0.338. The van der Waals surface area contributed by atoms with Crippen LogP contribution in [-0.2, 0) is 4.79 Å². The van der Waals surface area contributed by atoms with Crippen molar-refractivity contribution in [3.05, 3.63) is 0 Å². The molecule has 0 saturated carbocycles. The Morgan fingerprint density at radius 2 is 2.00 bits per heavy atom. The lowest BCUT2D eigenvalue weighted by atomic mass is 9.98. The van der Waals surface area contributed by atoms with Crippen molar-refractivity contribution in [1.29, 1.82) is 0 Å². The van der Waals surface area contributed by atoms with E-state index < -0.39 is 0 Å². The summed E-state index contributed by atoms with van der Waals surface area (Å²) in [6, 6.07) is 0.511. The topological polar surface area (TPSA) is 23.6 Å². The molecule has 0 spiro atoms. The van der Waals surface area contributed by atoms with Crippen LogP contribution in [0.1, 0.15) is 46.5 Å². The predicted octanol–water partition coefficient (Wildman–Crippen LogP) is 2.16. The van der Waals surface area contributed by atoms with Gasteiger partial charge >= 0.3 is 0 Å². The number of hydrogen-bond acceptors (Lipinski definition) is 3. The van der Waals surface area contributed by atoms with Crippen LogP contribution < -0.4 is 0 Å². The van der Waals surface area contributed by atoms with E-state index in [-0.39, 0.29) is 0 Å². The van der Waals surface area contributed by atoms with Crippen LogP contribution in [0.3, 0.4) is 0 Å².